The fourth-order valence-electron chi connectivity index (χ4n) is 1.37. The van der Waals surface area contributed by atoms with Crippen molar-refractivity contribution < 1.29 is 5.11 Å². The van der Waals surface area contributed by atoms with Gasteiger partial charge in [0.05, 0.1) is 10.0 Å². The van der Waals surface area contributed by atoms with Crippen LogP contribution in [0.3, 0.4) is 0 Å². The van der Waals surface area contributed by atoms with E-state index < -0.39 is 0 Å². The molecule has 1 rings (SSSR count). The van der Waals surface area contributed by atoms with E-state index in [4.69, 9.17) is 28.3 Å². The molecule has 1 aromatic rings. The molecule has 1 unspecified atom stereocenters. The van der Waals surface area contributed by atoms with Gasteiger partial charge >= 0.3 is 0 Å². The van der Waals surface area contributed by atoms with Gasteiger partial charge < -0.3 is 10.4 Å². The van der Waals surface area contributed by atoms with Gasteiger partial charge in [0.1, 0.15) is 5.82 Å². The Hall–Kier alpha value is -0.510. The van der Waals surface area contributed by atoms with Crippen molar-refractivity contribution in [2.45, 2.75) is 32.2 Å². The van der Waals surface area contributed by atoms with Crippen molar-refractivity contribution in [3.63, 3.8) is 0 Å². The van der Waals surface area contributed by atoms with Crippen molar-refractivity contribution in [1.82, 2.24) is 4.98 Å². The summed E-state index contributed by atoms with van der Waals surface area (Å²) in [7, 11) is 0. The van der Waals surface area contributed by atoms with Crippen molar-refractivity contribution in [2.75, 3.05) is 11.9 Å². The van der Waals surface area contributed by atoms with Crippen LogP contribution in [0.25, 0.3) is 0 Å². The van der Waals surface area contributed by atoms with Crippen LogP contribution in [0, 0.1) is 0 Å². The number of rotatable bonds is 5. The first-order valence-corrected chi connectivity index (χ1v) is 5.96. The monoisotopic (exact) mass is 262 g/mol. The number of aliphatic hydroxyl groups is 1. The third kappa shape index (κ3) is 3.51. The Bertz CT molecular complexity index is 360. The first kappa shape index (κ1) is 13.6. The zero-order valence-corrected chi connectivity index (χ0v) is 10.9. The highest BCUT2D eigenvalue weighted by atomic mass is 35.5. The average Bonchev–Trinajstić information content (AvgIpc) is 2.23. The molecular formula is C11H16Cl2N2O. The summed E-state index contributed by atoms with van der Waals surface area (Å²) < 4.78 is 0. The second-order valence-electron chi connectivity index (χ2n) is 4.00. The minimum Gasteiger partial charge on any atom is -0.396 e. The predicted octanol–water partition coefficient (Wildman–Crippen LogP) is 3.35. The Balaban J connectivity index is 2.85. The first-order valence-electron chi connectivity index (χ1n) is 5.21. The fraction of sp³-hybridized carbons (Fsp3) is 0.545. The van der Waals surface area contributed by atoms with Gasteiger partial charge in [0, 0.05) is 18.3 Å². The van der Waals surface area contributed by atoms with E-state index in [-0.39, 0.29) is 12.1 Å². The van der Waals surface area contributed by atoms with E-state index in [9.17, 15) is 0 Å². The predicted molar refractivity (Wildman–Crippen MR) is 68.3 cm³/mol. The number of nitrogens with one attached hydrogen (secondary N) is 1. The topological polar surface area (TPSA) is 45.1 Å². The molecule has 0 radical (unpaired) electrons. The van der Waals surface area contributed by atoms with Crippen molar-refractivity contribution in [2.24, 2.45) is 0 Å². The summed E-state index contributed by atoms with van der Waals surface area (Å²) in [5, 5.41) is 13.3. The van der Waals surface area contributed by atoms with Crippen LogP contribution in [0.1, 0.15) is 26.7 Å². The van der Waals surface area contributed by atoms with E-state index in [1.165, 1.54) is 0 Å². The summed E-state index contributed by atoms with van der Waals surface area (Å²) in [4.78, 5) is 4.14. The average molecular weight is 263 g/mol. The van der Waals surface area contributed by atoms with Gasteiger partial charge in [-0.15, -0.1) is 0 Å². The quantitative estimate of drug-likeness (QED) is 0.856. The molecule has 0 bridgehead atoms. The van der Waals surface area contributed by atoms with E-state index in [0.717, 1.165) is 6.42 Å². The molecule has 1 heterocycles. The number of halogens is 2. The van der Waals surface area contributed by atoms with Gasteiger partial charge in [-0.3, -0.25) is 0 Å². The molecule has 0 aliphatic rings. The molecule has 0 fully saturated rings. The molecule has 2 N–H and O–H groups in total. The highest BCUT2D eigenvalue weighted by Gasteiger charge is 2.22. The SMILES string of the molecule is CCC(C)(CCO)Nc1ncc(Cl)cc1Cl. The number of nitrogens with zero attached hydrogens (tertiary/aromatic N) is 1. The van der Waals surface area contributed by atoms with Crippen molar-refractivity contribution in [1.29, 1.82) is 0 Å². The molecule has 16 heavy (non-hydrogen) atoms. The molecule has 0 spiro atoms. The molecule has 0 aliphatic heterocycles. The second kappa shape index (κ2) is 5.71. The Morgan fingerprint density at radius 2 is 2.19 bits per heavy atom. The summed E-state index contributed by atoms with van der Waals surface area (Å²) in [5.74, 6) is 0.601. The molecule has 3 nitrogen and oxygen atoms in total. The lowest BCUT2D eigenvalue weighted by Gasteiger charge is -2.30. The molecular weight excluding hydrogens is 247 g/mol. The second-order valence-corrected chi connectivity index (χ2v) is 4.84. The van der Waals surface area contributed by atoms with Crippen molar-refractivity contribution in [3.8, 4) is 0 Å². The van der Waals surface area contributed by atoms with Gasteiger partial charge in [-0.1, -0.05) is 30.1 Å². The molecule has 1 aromatic heterocycles. The molecule has 1 atom stereocenters. The molecule has 90 valence electrons. The van der Waals surface area contributed by atoms with Crippen LogP contribution in [0.15, 0.2) is 12.3 Å². The summed E-state index contributed by atoms with van der Waals surface area (Å²) in [6.07, 6.45) is 3.06. The smallest absolute Gasteiger partial charge is 0.145 e. The molecule has 0 amide bonds. The van der Waals surface area contributed by atoms with Gasteiger partial charge in [-0.05, 0) is 25.8 Å². The minimum absolute atomic E-state index is 0.128. The standard InChI is InChI=1S/C11H16Cl2N2O/c1-3-11(2,4-5-16)15-10-9(13)6-8(12)7-14-10/h6-7,16H,3-5H2,1-2H3,(H,14,15). The number of aromatic nitrogens is 1. The van der Waals surface area contributed by atoms with Crippen LogP contribution in [-0.2, 0) is 0 Å². The van der Waals surface area contributed by atoms with Gasteiger partial charge in [-0.25, -0.2) is 4.98 Å². The lowest BCUT2D eigenvalue weighted by atomic mass is 9.95. The third-order valence-corrected chi connectivity index (χ3v) is 3.17. The summed E-state index contributed by atoms with van der Waals surface area (Å²) in [6, 6.07) is 1.65. The van der Waals surface area contributed by atoms with E-state index >= 15 is 0 Å². The lowest BCUT2D eigenvalue weighted by Crippen LogP contribution is -2.35. The largest absolute Gasteiger partial charge is 0.396 e. The van der Waals surface area contributed by atoms with Crippen molar-refractivity contribution in [3.05, 3.63) is 22.3 Å². The number of pyridine rings is 1. The Morgan fingerprint density at radius 1 is 1.50 bits per heavy atom. The number of anilines is 1. The van der Waals surface area contributed by atoms with Crippen LogP contribution in [-0.4, -0.2) is 22.2 Å². The Labute approximate surface area is 106 Å². The van der Waals surface area contributed by atoms with E-state index in [0.29, 0.717) is 22.3 Å². The molecule has 0 saturated carbocycles. The molecule has 0 saturated heterocycles. The van der Waals surface area contributed by atoms with E-state index in [2.05, 4.69) is 10.3 Å². The maximum Gasteiger partial charge on any atom is 0.145 e. The summed E-state index contributed by atoms with van der Waals surface area (Å²) >= 11 is 11.8. The first-order chi connectivity index (χ1) is 7.50. The third-order valence-electron chi connectivity index (χ3n) is 2.67. The fourth-order valence-corrected chi connectivity index (χ4v) is 1.79. The van der Waals surface area contributed by atoms with Gasteiger partial charge in [-0.2, -0.15) is 0 Å². The van der Waals surface area contributed by atoms with Crippen LogP contribution < -0.4 is 5.32 Å². The highest BCUT2D eigenvalue weighted by molar-refractivity contribution is 6.35. The molecule has 0 aromatic carbocycles. The maximum absolute atomic E-state index is 9.01. The van der Waals surface area contributed by atoms with Crippen LogP contribution in [0.2, 0.25) is 10.0 Å². The number of aliphatic hydroxyl groups excluding tert-OH is 1. The normalized spacial score (nSPS) is 14.6. The zero-order valence-electron chi connectivity index (χ0n) is 9.43. The minimum atomic E-state index is -0.209. The van der Waals surface area contributed by atoms with E-state index in [1.54, 1.807) is 12.3 Å². The highest BCUT2D eigenvalue weighted by Crippen LogP contribution is 2.27. The van der Waals surface area contributed by atoms with Gasteiger partial charge in [0.2, 0.25) is 0 Å². The van der Waals surface area contributed by atoms with Crippen molar-refractivity contribution >= 4 is 29.0 Å². The summed E-state index contributed by atoms with van der Waals surface area (Å²) in [5.41, 5.74) is -0.209. The van der Waals surface area contributed by atoms with Crippen LogP contribution >= 0.6 is 23.2 Å². The summed E-state index contributed by atoms with van der Waals surface area (Å²) in [6.45, 7) is 4.20. The molecule has 5 heteroatoms. The number of hydrogen-bond donors (Lipinski definition) is 2. The van der Waals surface area contributed by atoms with Crippen LogP contribution in [0.5, 0.6) is 0 Å². The molecule has 0 aliphatic carbocycles. The Morgan fingerprint density at radius 3 is 2.69 bits per heavy atom. The number of hydrogen-bond acceptors (Lipinski definition) is 3. The van der Waals surface area contributed by atoms with Gasteiger partial charge in [0.25, 0.3) is 0 Å². The Kier molecular flexibility index (Phi) is 4.84. The van der Waals surface area contributed by atoms with E-state index in [1.807, 2.05) is 13.8 Å². The zero-order chi connectivity index (χ0) is 12.2. The van der Waals surface area contributed by atoms with Gasteiger partial charge in [0.15, 0.2) is 0 Å². The lowest BCUT2D eigenvalue weighted by molar-refractivity contribution is 0.252. The maximum atomic E-state index is 9.01. The van der Waals surface area contributed by atoms with Crippen LogP contribution in [0.4, 0.5) is 5.82 Å².